The van der Waals surface area contributed by atoms with Gasteiger partial charge in [-0.1, -0.05) is 12.1 Å². The smallest absolute Gasteiger partial charge is 0.120 e. The lowest BCUT2D eigenvalue weighted by Gasteiger charge is -2.13. The van der Waals surface area contributed by atoms with Crippen molar-refractivity contribution in [1.29, 1.82) is 5.26 Å². The van der Waals surface area contributed by atoms with Crippen LogP contribution in [0.3, 0.4) is 0 Å². The predicted octanol–water partition coefficient (Wildman–Crippen LogP) is 5.34. The Morgan fingerprint density at radius 2 is 1.88 bits per heavy atom. The first-order valence-corrected chi connectivity index (χ1v) is 9.11. The van der Waals surface area contributed by atoms with Gasteiger partial charge in [-0.25, -0.2) is 0 Å². The highest BCUT2D eigenvalue weighted by atomic mass is 16.5. The van der Waals surface area contributed by atoms with Gasteiger partial charge in [0.2, 0.25) is 0 Å². The third-order valence-electron chi connectivity index (χ3n) is 4.85. The van der Waals surface area contributed by atoms with Crippen molar-refractivity contribution in [1.82, 2.24) is 4.57 Å². The van der Waals surface area contributed by atoms with Crippen LogP contribution >= 0.6 is 0 Å². The van der Waals surface area contributed by atoms with E-state index >= 15 is 0 Å². The highest BCUT2D eigenvalue weighted by Gasteiger charge is 2.30. The summed E-state index contributed by atoms with van der Waals surface area (Å²) in [6, 6.07) is 17.7. The average Bonchev–Trinajstić information content (AvgIpc) is 3.42. The van der Waals surface area contributed by atoms with Gasteiger partial charge in [0, 0.05) is 29.2 Å². The Morgan fingerprint density at radius 1 is 1.15 bits per heavy atom. The fraction of sp³-hybridized carbons (Fsp3) is 0.318. The molecule has 26 heavy (non-hydrogen) atoms. The van der Waals surface area contributed by atoms with Crippen molar-refractivity contribution < 1.29 is 4.74 Å². The van der Waals surface area contributed by atoms with E-state index in [9.17, 15) is 5.26 Å². The van der Waals surface area contributed by atoms with Crippen molar-refractivity contribution >= 4 is 16.6 Å². The van der Waals surface area contributed by atoms with Crippen LogP contribution in [0.2, 0.25) is 0 Å². The van der Waals surface area contributed by atoms with E-state index in [0.29, 0.717) is 12.1 Å². The van der Waals surface area contributed by atoms with Gasteiger partial charge < -0.3 is 14.6 Å². The van der Waals surface area contributed by atoms with E-state index in [1.807, 2.05) is 18.2 Å². The zero-order valence-electron chi connectivity index (χ0n) is 15.4. The fourth-order valence-corrected chi connectivity index (χ4v) is 3.58. The molecule has 1 aliphatic carbocycles. The zero-order valence-corrected chi connectivity index (χ0v) is 15.4. The maximum atomic E-state index is 9.89. The summed E-state index contributed by atoms with van der Waals surface area (Å²) in [6.07, 6.45) is 2.32. The number of fused-ring (bicyclic) bond motifs is 1. The summed E-state index contributed by atoms with van der Waals surface area (Å²) in [5.41, 5.74) is 5.03. The quantitative estimate of drug-likeness (QED) is 0.678. The molecule has 1 aliphatic rings. The number of nitriles is 1. The number of methoxy groups -OCH3 is 1. The molecule has 2 aromatic carbocycles. The molecule has 4 heteroatoms. The first-order chi connectivity index (χ1) is 12.6. The summed E-state index contributed by atoms with van der Waals surface area (Å²) >= 11 is 0. The van der Waals surface area contributed by atoms with E-state index in [-0.39, 0.29) is 0 Å². The molecule has 0 unspecified atom stereocenters. The highest BCUT2D eigenvalue weighted by Crippen LogP contribution is 2.45. The Morgan fingerprint density at radius 3 is 2.46 bits per heavy atom. The van der Waals surface area contributed by atoms with Crippen LogP contribution in [0.4, 0.5) is 5.69 Å². The van der Waals surface area contributed by atoms with Gasteiger partial charge in [0.25, 0.3) is 0 Å². The number of rotatable bonds is 5. The van der Waals surface area contributed by atoms with Crippen LogP contribution in [-0.4, -0.2) is 17.7 Å². The van der Waals surface area contributed by atoms with Crippen LogP contribution < -0.4 is 10.1 Å². The number of benzene rings is 2. The molecular weight excluding hydrogens is 322 g/mol. The van der Waals surface area contributed by atoms with Crippen molar-refractivity contribution in [3.8, 4) is 23.1 Å². The summed E-state index contributed by atoms with van der Waals surface area (Å²) in [4.78, 5) is 0. The minimum absolute atomic E-state index is 0.390. The summed E-state index contributed by atoms with van der Waals surface area (Å²) in [6.45, 7) is 4.25. The number of hydrogen-bond donors (Lipinski definition) is 1. The third-order valence-corrected chi connectivity index (χ3v) is 4.85. The van der Waals surface area contributed by atoms with Crippen molar-refractivity contribution in [3.63, 3.8) is 0 Å². The SMILES string of the molecule is COc1ccc2c(C#N)c(-c3ccc(NC(C)C)cc3)n(C3CC3)c2c1. The first kappa shape index (κ1) is 16.5. The average molecular weight is 345 g/mol. The molecular formula is C22H23N3O. The summed E-state index contributed by atoms with van der Waals surface area (Å²) < 4.78 is 7.75. The summed E-state index contributed by atoms with van der Waals surface area (Å²) in [5.74, 6) is 0.824. The molecule has 0 atom stereocenters. The Bertz CT molecular complexity index is 989. The molecule has 1 fully saturated rings. The molecule has 3 aromatic rings. The number of aromatic nitrogens is 1. The Labute approximate surface area is 154 Å². The summed E-state index contributed by atoms with van der Waals surface area (Å²) in [7, 11) is 1.68. The molecule has 0 aliphatic heterocycles. The van der Waals surface area contributed by atoms with Gasteiger partial charge in [-0.05, 0) is 56.5 Å². The molecule has 1 heterocycles. The minimum Gasteiger partial charge on any atom is -0.497 e. The van der Waals surface area contributed by atoms with Crippen LogP contribution in [0.15, 0.2) is 42.5 Å². The van der Waals surface area contributed by atoms with Crippen LogP contribution in [0.25, 0.3) is 22.2 Å². The maximum absolute atomic E-state index is 9.89. The van der Waals surface area contributed by atoms with Crippen LogP contribution in [0.1, 0.15) is 38.3 Å². The third kappa shape index (κ3) is 2.80. The fourth-order valence-electron chi connectivity index (χ4n) is 3.58. The molecule has 0 amide bonds. The van der Waals surface area contributed by atoms with Crippen molar-refractivity contribution in [3.05, 3.63) is 48.0 Å². The van der Waals surface area contributed by atoms with Crippen molar-refractivity contribution in [2.45, 2.75) is 38.8 Å². The largest absolute Gasteiger partial charge is 0.497 e. The van der Waals surface area contributed by atoms with E-state index in [1.165, 1.54) is 0 Å². The van der Waals surface area contributed by atoms with Crippen molar-refractivity contribution in [2.24, 2.45) is 0 Å². The van der Waals surface area contributed by atoms with Gasteiger partial charge in [0.15, 0.2) is 0 Å². The Hall–Kier alpha value is -2.93. The monoisotopic (exact) mass is 345 g/mol. The topological polar surface area (TPSA) is 50.0 Å². The van der Waals surface area contributed by atoms with Gasteiger partial charge in [0.05, 0.1) is 23.9 Å². The van der Waals surface area contributed by atoms with E-state index < -0.39 is 0 Å². The van der Waals surface area contributed by atoms with E-state index in [0.717, 1.165) is 52.0 Å². The molecule has 4 rings (SSSR count). The zero-order chi connectivity index (χ0) is 18.3. The lowest BCUT2D eigenvalue weighted by molar-refractivity contribution is 0.415. The Balaban J connectivity index is 1.91. The van der Waals surface area contributed by atoms with Gasteiger partial charge in [0.1, 0.15) is 11.8 Å². The number of nitrogens with zero attached hydrogens (tertiary/aromatic N) is 2. The molecule has 0 saturated heterocycles. The molecule has 132 valence electrons. The van der Waals surface area contributed by atoms with Crippen LogP contribution in [-0.2, 0) is 0 Å². The van der Waals surface area contributed by atoms with Gasteiger partial charge in [-0.3, -0.25) is 0 Å². The van der Waals surface area contributed by atoms with Crippen LogP contribution in [0.5, 0.6) is 5.75 Å². The summed E-state index contributed by atoms with van der Waals surface area (Å²) in [5, 5.41) is 14.3. The highest BCUT2D eigenvalue weighted by molar-refractivity contribution is 5.95. The van der Waals surface area contributed by atoms with E-state index in [4.69, 9.17) is 4.74 Å². The number of ether oxygens (including phenoxy) is 1. The normalized spacial score (nSPS) is 13.8. The van der Waals surface area contributed by atoms with Gasteiger partial charge in [-0.15, -0.1) is 0 Å². The van der Waals surface area contributed by atoms with E-state index in [2.05, 4.69) is 54.1 Å². The number of hydrogen-bond acceptors (Lipinski definition) is 3. The molecule has 1 N–H and O–H groups in total. The molecule has 4 nitrogen and oxygen atoms in total. The second-order valence-corrected chi connectivity index (χ2v) is 7.20. The van der Waals surface area contributed by atoms with Gasteiger partial charge in [-0.2, -0.15) is 5.26 Å². The van der Waals surface area contributed by atoms with Gasteiger partial charge >= 0.3 is 0 Å². The predicted molar refractivity (Wildman–Crippen MR) is 106 cm³/mol. The lowest BCUT2D eigenvalue weighted by atomic mass is 10.1. The standard InChI is InChI=1S/C22H23N3O/c1-14(2)24-16-6-4-15(5-7-16)22-20(13-23)19-11-10-18(26-3)12-21(19)25(22)17-8-9-17/h4-7,10-12,14,17,24H,8-9H2,1-3H3. The molecule has 1 saturated carbocycles. The van der Waals surface area contributed by atoms with Crippen molar-refractivity contribution in [2.75, 3.05) is 12.4 Å². The second-order valence-electron chi connectivity index (χ2n) is 7.20. The lowest BCUT2D eigenvalue weighted by Crippen LogP contribution is -2.09. The minimum atomic E-state index is 0.390. The molecule has 0 spiro atoms. The van der Waals surface area contributed by atoms with Crippen LogP contribution in [0, 0.1) is 11.3 Å². The van der Waals surface area contributed by atoms with E-state index in [1.54, 1.807) is 7.11 Å². The number of nitrogens with one attached hydrogen (secondary N) is 1. The molecule has 0 bridgehead atoms. The molecule has 1 aromatic heterocycles. The maximum Gasteiger partial charge on any atom is 0.120 e. The molecule has 0 radical (unpaired) electrons. The number of anilines is 1. The Kier molecular flexibility index (Phi) is 4.08. The first-order valence-electron chi connectivity index (χ1n) is 9.11. The second kappa shape index (κ2) is 6.42.